The fraction of sp³-hybridized carbons (Fsp3) is 0.389. The molecule has 0 N–H and O–H groups in total. The van der Waals surface area contributed by atoms with Crippen molar-refractivity contribution in [3.63, 3.8) is 0 Å². The summed E-state index contributed by atoms with van der Waals surface area (Å²) in [6.07, 6.45) is 6.72. The summed E-state index contributed by atoms with van der Waals surface area (Å²) >= 11 is 0. The minimum Gasteiger partial charge on any atom is -0.465 e. The quantitative estimate of drug-likeness (QED) is 0.635. The van der Waals surface area contributed by atoms with Gasteiger partial charge in [-0.3, -0.25) is 4.90 Å². The van der Waals surface area contributed by atoms with Gasteiger partial charge in [-0.1, -0.05) is 0 Å². The van der Waals surface area contributed by atoms with Crippen molar-refractivity contribution in [2.45, 2.75) is 39.9 Å². The average molecular weight is 313 g/mol. The second-order valence-corrected chi connectivity index (χ2v) is 5.89. The van der Waals surface area contributed by atoms with Crippen LogP contribution in [0.2, 0.25) is 0 Å². The largest absolute Gasteiger partial charge is 0.465 e. The zero-order chi connectivity index (χ0) is 16.1. The highest BCUT2D eigenvalue weighted by atomic mass is 16.3. The average Bonchev–Trinajstić information content (AvgIpc) is 3.23. The van der Waals surface area contributed by atoms with Crippen LogP contribution in [-0.2, 0) is 19.6 Å². The number of aryl methyl sites for hydroxylation is 3. The molecule has 0 aromatic carbocycles. The van der Waals surface area contributed by atoms with Crippen LogP contribution in [0.3, 0.4) is 0 Å². The molecule has 3 aromatic rings. The van der Waals surface area contributed by atoms with E-state index in [-0.39, 0.29) is 0 Å². The molecule has 5 nitrogen and oxygen atoms in total. The Kier molecular flexibility index (Phi) is 4.98. The molecular formula is C18H23N3O2. The molecule has 0 saturated carbocycles. The summed E-state index contributed by atoms with van der Waals surface area (Å²) in [4.78, 5) is 6.43. The highest BCUT2D eigenvalue weighted by molar-refractivity contribution is 5.07. The van der Waals surface area contributed by atoms with Crippen LogP contribution in [0.4, 0.5) is 0 Å². The summed E-state index contributed by atoms with van der Waals surface area (Å²) in [6.45, 7) is 7.46. The van der Waals surface area contributed by atoms with E-state index in [2.05, 4.69) is 14.5 Å². The molecule has 0 aliphatic heterocycles. The van der Waals surface area contributed by atoms with Crippen molar-refractivity contribution in [2.75, 3.05) is 6.54 Å². The van der Waals surface area contributed by atoms with Crippen LogP contribution in [0.25, 0.3) is 0 Å². The summed E-state index contributed by atoms with van der Waals surface area (Å²) in [6, 6.07) is 8.11. The van der Waals surface area contributed by atoms with Crippen molar-refractivity contribution in [3.8, 4) is 0 Å². The molecule has 0 bridgehead atoms. The number of nitrogens with zero attached hydrogens (tertiary/aromatic N) is 3. The molecule has 23 heavy (non-hydrogen) atoms. The van der Waals surface area contributed by atoms with E-state index in [1.807, 2.05) is 56.8 Å². The highest BCUT2D eigenvalue weighted by Crippen LogP contribution is 2.15. The van der Waals surface area contributed by atoms with Gasteiger partial charge in [-0.25, -0.2) is 4.98 Å². The van der Waals surface area contributed by atoms with Gasteiger partial charge in [0.05, 0.1) is 19.4 Å². The highest BCUT2D eigenvalue weighted by Gasteiger charge is 2.11. The smallest absolute Gasteiger partial charge is 0.118 e. The molecule has 0 radical (unpaired) electrons. The normalized spacial score (nSPS) is 11.4. The van der Waals surface area contributed by atoms with Crippen molar-refractivity contribution < 1.29 is 8.83 Å². The van der Waals surface area contributed by atoms with Crippen molar-refractivity contribution in [1.29, 1.82) is 0 Å². The first-order chi connectivity index (χ1) is 11.2. The lowest BCUT2D eigenvalue weighted by atomic mass is 10.3. The third kappa shape index (κ3) is 4.60. The standard InChI is InChI=1S/C18H23N3O2/c1-15-4-6-17(22-15)12-21(13-18-7-5-16(2)23-18)10-3-9-20-11-8-19-14-20/h4-8,11,14H,3,9-10,12-13H2,1-2H3. The molecule has 3 aromatic heterocycles. The van der Waals surface area contributed by atoms with Gasteiger partial charge in [0.15, 0.2) is 0 Å². The van der Waals surface area contributed by atoms with Crippen LogP contribution in [0, 0.1) is 13.8 Å². The summed E-state index contributed by atoms with van der Waals surface area (Å²) in [7, 11) is 0. The van der Waals surface area contributed by atoms with Gasteiger partial charge >= 0.3 is 0 Å². The van der Waals surface area contributed by atoms with Crippen LogP contribution < -0.4 is 0 Å². The fourth-order valence-electron chi connectivity index (χ4n) is 2.69. The number of imidazole rings is 1. The Labute approximate surface area is 136 Å². The maximum atomic E-state index is 5.72. The number of furan rings is 2. The third-order valence-corrected chi connectivity index (χ3v) is 3.80. The summed E-state index contributed by atoms with van der Waals surface area (Å²) in [5.41, 5.74) is 0. The minimum absolute atomic E-state index is 0.789. The fourth-order valence-corrected chi connectivity index (χ4v) is 2.69. The first-order valence-corrected chi connectivity index (χ1v) is 7.98. The lowest BCUT2D eigenvalue weighted by Gasteiger charge is -2.20. The molecule has 122 valence electrons. The Morgan fingerprint density at radius 3 is 2.13 bits per heavy atom. The Balaban J connectivity index is 1.59. The number of hydrogen-bond acceptors (Lipinski definition) is 4. The molecule has 0 atom stereocenters. The Hall–Kier alpha value is -2.27. The van der Waals surface area contributed by atoms with Gasteiger partial charge in [-0.05, 0) is 44.5 Å². The zero-order valence-corrected chi connectivity index (χ0v) is 13.7. The Morgan fingerprint density at radius 2 is 1.65 bits per heavy atom. The zero-order valence-electron chi connectivity index (χ0n) is 13.7. The number of aromatic nitrogens is 2. The van der Waals surface area contributed by atoms with E-state index in [0.717, 1.165) is 55.6 Å². The predicted molar refractivity (Wildman–Crippen MR) is 87.8 cm³/mol. The van der Waals surface area contributed by atoms with Crippen molar-refractivity contribution >= 4 is 0 Å². The third-order valence-electron chi connectivity index (χ3n) is 3.80. The van der Waals surface area contributed by atoms with Gasteiger partial charge in [0.1, 0.15) is 23.0 Å². The molecule has 0 aliphatic carbocycles. The van der Waals surface area contributed by atoms with E-state index < -0.39 is 0 Å². The topological polar surface area (TPSA) is 47.3 Å². The summed E-state index contributed by atoms with van der Waals surface area (Å²) in [5, 5.41) is 0. The van der Waals surface area contributed by atoms with E-state index in [0.29, 0.717) is 0 Å². The maximum Gasteiger partial charge on any atom is 0.118 e. The van der Waals surface area contributed by atoms with Crippen LogP contribution >= 0.6 is 0 Å². The van der Waals surface area contributed by atoms with Gasteiger partial charge in [-0.2, -0.15) is 0 Å². The van der Waals surface area contributed by atoms with Gasteiger partial charge in [0, 0.05) is 25.5 Å². The lowest BCUT2D eigenvalue weighted by Crippen LogP contribution is -2.24. The van der Waals surface area contributed by atoms with Crippen LogP contribution in [0.15, 0.2) is 51.8 Å². The SMILES string of the molecule is Cc1ccc(CN(CCCn2ccnc2)Cc2ccc(C)o2)o1. The molecule has 0 amide bonds. The molecule has 0 saturated heterocycles. The lowest BCUT2D eigenvalue weighted by molar-refractivity contribution is 0.210. The second kappa shape index (κ2) is 7.33. The number of rotatable bonds is 8. The number of hydrogen-bond donors (Lipinski definition) is 0. The summed E-state index contributed by atoms with van der Waals surface area (Å²) in [5.74, 6) is 3.89. The Bertz CT molecular complexity index is 670. The van der Waals surface area contributed by atoms with E-state index in [9.17, 15) is 0 Å². The molecule has 3 rings (SSSR count). The minimum atomic E-state index is 0.789. The van der Waals surface area contributed by atoms with Crippen LogP contribution in [-0.4, -0.2) is 21.0 Å². The molecular weight excluding hydrogens is 290 g/mol. The summed E-state index contributed by atoms with van der Waals surface area (Å²) < 4.78 is 13.5. The van der Waals surface area contributed by atoms with Crippen LogP contribution in [0.1, 0.15) is 29.5 Å². The molecule has 0 unspecified atom stereocenters. The van der Waals surface area contributed by atoms with E-state index in [4.69, 9.17) is 8.83 Å². The molecule has 0 spiro atoms. The predicted octanol–water partition coefficient (Wildman–Crippen LogP) is 3.78. The van der Waals surface area contributed by atoms with E-state index >= 15 is 0 Å². The first-order valence-electron chi connectivity index (χ1n) is 7.98. The van der Waals surface area contributed by atoms with Gasteiger partial charge in [0.25, 0.3) is 0 Å². The van der Waals surface area contributed by atoms with Gasteiger partial charge in [-0.15, -0.1) is 0 Å². The van der Waals surface area contributed by atoms with Crippen LogP contribution in [0.5, 0.6) is 0 Å². The molecule has 0 aliphatic rings. The second-order valence-electron chi connectivity index (χ2n) is 5.89. The molecule has 3 heterocycles. The molecule has 5 heteroatoms. The van der Waals surface area contributed by atoms with E-state index in [1.54, 1.807) is 0 Å². The van der Waals surface area contributed by atoms with Crippen molar-refractivity contribution in [2.24, 2.45) is 0 Å². The maximum absolute atomic E-state index is 5.72. The molecule has 0 fully saturated rings. The van der Waals surface area contributed by atoms with E-state index in [1.165, 1.54) is 0 Å². The Morgan fingerprint density at radius 1 is 1.00 bits per heavy atom. The monoisotopic (exact) mass is 313 g/mol. The van der Waals surface area contributed by atoms with Gasteiger partial charge < -0.3 is 13.4 Å². The van der Waals surface area contributed by atoms with Crippen molar-refractivity contribution in [1.82, 2.24) is 14.5 Å². The first kappa shape index (κ1) is 15.6. The van der Waals surface area contributed by atoms with Crippen molar-refractivity contribution in [3.05, 3.63) is 66.0 Å². The van der Waals surface area contributed by atoms with Gasteiger partial charge in [0.2, 0.25) is 0 Å².